The van der Waals surface area contributed by atoms with Gasteiger partial charge in [0, 0.05) is 14.8 Å². The SMILES string of the molecule is CC1CCS/C(=C\CCCCCBr)S1. The fraction of sp³-hybridized carbons (Fsp3) is 0.818. The molecule has 0 spiro atoms. The molecule has 0 amide bonds. The van der Waals surface area contributed by atoms with E-state index in [0.29, 0.717) is 0 Å². The highest BCUT2D eigenvalue weighted by Crippen LogP contribution is 2.39. The molecule has 0 aromatic rings. The Balaban J connectivity index is 2.10. The van der Waals surface area contributed by atoms with Crippen LogP contribution >= 0.6 is 39.5 Å². The molecule has 0 radical (unpaired) electrons. The summed E-state index contributed by atoms with van der Waals surface area (Å²) < 4.78 is 1.57. The van der Waals surface area contributed by atoms with Gasteiger partial charge in [-0.2, -0.15) is 0 Å². The summed E-state index contributed by atoms with van der Waals surface area (Å²) in [6, 6.07) is 0. The van der Waals surface area contributed by atoms with Gasteiger partial charge in [-0.3, -0.25) is 0 Å². The number of unbranched alkanes of at least 4 members (excludes halogenated alkanes) is 3. The van der Waals surface area contributed by atoms with Crippen molar-refractivity contribution in [3.63, 3.8) is 0 Å². The smallest absolute Gasteiger partial charge is 0.0363 e. The van der Waals surface area contributed by atoms with E-state index in [2.05, 4.69) is 40.7 Å². The molecule has 1 saturated heterocycles. The van der Waals surface area contributed by atoms with Gasteiger partial charge in [0.05, 0.1) is 0 Å². The lowest BCUT2D eigenvalue weighted by molar-refractivity contribution is 0.737. The molecule has 82 valence electrons. The van der Waals surface area contributed by atoms with Crippen molar-refractivity contribution < 1.29 is 0 Å². The summed E-state index contributed by atoms with van der Waals surface area (Å²) in [5, 5.41) is 1.99. The second-order valence-electron chi connectivity index (χ2n) is 3.63. The predicted octanol–water partition coefficient (Wildman–Crippen LogP) is 5.04. The van der Waals surface area contributed by atoms with E-state index in [4.69, 9.17) is 0 Å². The minimum absolute atomic E-state index is 0.838. The Kier molecular flexibility index (Phi) is 7.53. The van der Waals surface area contributed by atoms with Crippen LogP contribution in [0.5, 0.6) is 0 Å². The van der Waals surface area contributed by atoms with Crippen molar-refractivity contribution in [3.8, 4) is 0 Å². The summed E-state index contributed by atoms with van der Waals surface area (Å²) in [6.45, 7) is 2.34. The van der Waals surface area contributed by atoms with Crippen LogP contribution in [0.4, 0.5) is 0 Å². The first kappa shape index (κ1) is 13.0. The van der Waals surface area contributed by atoms with Gasteiger partial charge in [0.15, 0.2) is 0 Å². The van der Waals surface area contributed by atoms with E-state index < -0.39 is 0 Å². The van der Waals surface area contributed by atoms with E-state index in [1.54, 1.807) is 4.24 Å². The van der Waals surface area contributed by atoms with Crippen LogP contribution in [0.1, 0.15) is 39.0 Å². The molecule has 1 atom stereocenters. The molecular weight excluding hydrogens is 276 g/mol. The lowest BCUT2D eigenvalue weighted by Gasteiger charge is -2.19. The van der Waals surface area contributed by atoms with E-state index in [1.807, 2.05) is 11.8 Å². The summed E-state index contributed by atoms with van der Waals surface area (Å²) in [5.41, 5.74) is 0. The van der Waals surface area contributed by atoms with Gasteiger partial charge >= 0.3 is 0 Å². The Bertz CT molecular complexity index is 180. The summed E-state index contributed by atoms with van der Waals surface area (Å²) in [4.78, 5) is 0. The molecule has 0 aromatic heterocycles. The van der Waals surface area contributed by atoms with Gasteiger partial charge in [0.1, 0.15) is 0 Å². The van der Waals surface area contributed by atoms with Crippen LogP contribution < -0.4 is 0 Å². The number of halogens is 1. The van der Waals surface area contributed by atoms with Crippen molar-refractivity contribution in [1.29, 1.82) is 0 Å². The van der Waals surface area contributed by atoms with Crippen molar-refractivity contribution in [1.82, 2.24) is 0 Å². The molecule has 14 heavy (non-hydrogen) atoms. The Morgan fingerprint density at radius 3 is 3.00 bits per heavy atom. The first-order valence-corrected chi connectivity index (χ1v) is 8.37. The minimum atomic E-state index is 0.838. The largest absolute Gasteiger partial charge is 0.120 e. The molecule has 0 aromatic carbocycles. The molecular formula is C11H19BrS2. The molecule has 1 rings (SSSR count). The van der Waals surface area contributed by atoms with E-state index in [0.717, 1.165) is 10.6 Å². The van der Waals surface area contributed by atoms with Gasteiger partial charge in [-0.15, -0.1) is 23.5 Å². The van der Waals surface area contributed by atoms with E-state index in [-0.39, 0.29) is 0 Å². The van der Waals surface area contributed by atoms with Crippen LogP contribution in [0.3, 0.4) is 0 Å². The first-order valence-electron chi connectivity index (χ1n) is 5.38. The third-order valence-electron chi connectivity index (χ3n) is 2.23. The zero-order valence-electron chi connectivity index (χ0n) is 8.80. The average molecular weight is 295 g/mol. The molecule has 1 aliphatic heterocycles. The number of thioether (sulfide) groups is 2. The molecule has 0 N–H and O–H groups in total. The number of hydrogen-bond donors (Lipinski definition) is 0. The summed E-state index contributed by atoms with van der Waals surface area (Å²) in [6.07, 6.45) is 9.12. The third kappa shape index (κ3) is 5.72. The van der Waals surface area contributed by atoms with Crippen LogP contribution in [0, 0.1) is 0 Å². The second kappa shape index (κ2) is 8.12. The van der Waals surface area contributed by atoms with Gasteiger partial charge in [-0.05, 0) is 31.4 Å². The van der Waals surface area contributed by atoms with Gasteiger partial charge in [0.25, 0.3) is 0 Å². The fourth-order valence-corrected chi connectivity index (χ4v) is 4.67. The molecule has 3 heteroatoms. The maximum atomic E-state index is 3.46. The van der Waals surface area contributed by atoms with Crippen molar-refractivity contribution in [3.05, 3.63) is 10.3 Å². The highest BCUT2D eigenvalue weighted by Gasteiger charge is 2.12. The molecule has 1 aliphatic rings. The van der Waals surface area contributed by atoms with Gasteiger partial charge in [-0.1, -0.05) is 35.4 Å². The third-order valence-corrected chi connectivity index (χ3v) is 5.37. The minimum Gasteiger partial charge on any atom is -0.120 e. The van der Waals surface area contributed by atoms with Crippen LogP contribution in [0.2, 0.25) is 0 Å². The summed E-state index contributed by atoms with van der Waals surface area (Å²) in [7, 11) is 0. The summed E-state index contributed by atoms with van der Waals surface area (Å²) >= 11 is 7.57. The van der Waals surface area contributed by atoms with Crippen LogP contribution in [0.15, 0.2) is 10.3 Å². The van der Waals surface area contributed by atoms with E-state index in [1.165, 1.54) is 37.9 Å². The number of allylic oxidation sites excluding steroid dienone is 1. The Hall–Kier alpha value is 0.920. The lowest BCUT2D eigenvalue weighted by Crippen LogP contribution is -2.03. The van der Waals surface area contributed by atoms with Gasteiger partial charge < -0.3 is 0 Å². The second-order valence-corrected chi connectivity index (χ2v) is 7.30. The van der Waals surface area contributed by atoms with Crippen LogP contribution in [0.25, 0.3) is 0 Å². The van der Waals surface area contributed by atoms with E-state index in [9.17, 15) is 0 Å². The molecule has 0 aliphatic carbocycles. The fourth-order valence-electron chi connectivity index (χ4n) is 1.36. The zero-order valence-corrected chi connectivity index (χ0v) is 12.0. The van der Waals surface area contributed by atoms with Crippen molar-refractivity contribution in [2.75, 3.05) is 11.1 Å². The lowest BCUT2D eigenvalue weighted by atomic mass is 10.2. The normalized spacial score (nSPS) is 25.6. The van der Waals surface area contributed by atoms with Crippen molar-refractivity contribution in [2.24, 2.45) is 0 Å². The Morgan fingerprint density at radius 2 is 2.29 bits per heavy atom. The molecule has 0 bridgehead atoms. The predicted molar refractivity (Wildman–Crippen MR) is 74.5 cm³/mol. The van der Waals surface area contributed by atoms with Crippen LogP contribution in [-0.4, -0.2) is 16.3 Å². The number of rotatable bonds is 5. The van der Waals surface area contributed by atoms with Crippen LogP contribution in [-0.2, 0) is 0 Å². The molecule has 1 unspecified atom stereocenters. The first-order chi connectivity index (χ1) is 6.83. The van der Waals surface area contributed by atoms with Crippen molar-refractivity contribution >= 4 is 39.5 Å². The quantitative estimate of drug-likeness (QED) is 0.514. The highest BCUT2D eigenvalue weighted by molar-refractivity contribution is 9.09. The number of hydrogen-bond acceptors (Lipinski definition) is 2. The maximum absolute atomic E-state index is 3.46. The topological polar surface area (TPSA) is 0 Å². The molecule has 1 fully saturated rings. The molecule has 0 nitrogen and oxygen atoms in total. The van der Waals surface area contributed by atoms with Gasteiger partial charge in [0.2, 0.25) is 0 Å². The zero-order chi connectivity index (χ0) is 10.2. The Labute approximate surface area is 105 Å². The summed E-state index contributed by atoms with van der Waals surface area (Å²) in [5.74, 6) is 1.32. The highest BCUT2D eigenvalue weighted by atomic mass is 79.9. The van der Waals surface area contributed by atoms with Gasteiger partial charge in [-0.25, -0.2) is 0 Å². The Morgan fingerprint density at radius 1 is 1.43 bits per heavy atom. The standard InChI is InChI=1S/C11H19BrS2/c1-10-7-9-13-11(14-10)6-4-2-3-5-8-12/h6,10H,2-5,7-9H2,1H3/b11-6+. The average Bonchev–Trinajstić information content (AvgIpc) is 2.18. The molecule has 0 saturated carbocycles. The molecule has 1 heterocycles. The van der Waals surface area contributed by atoms with E-state index >= 15 is 0 Å². The monoisotopic (exact) mass is 294 g/mol. The van der Waals surface area contributed by atoms with Crippen molar-refractivity contribution in [2.45, 2.75) is 44.3 Å². The maximum Gasteiger partial charge on any atom is 0.0363 e. The number of alkyl halides is 1.